The maximum absolute atomic E-state index is 13.2. The van der Waals surface area contributed by atoms with E-state index in [1.165, 1.54) is 13.8 Å². The van der Waals surface area contributed by atoms with E-state index in [0.717, 1.165) is 9.80 Å². The molecule has 0 unspecified atom stereocenters. The Labute approximate surface area is 194 Å². The molecule has 182 valence electrons. The number of likely N-dealkylation sites (tertiary alicyclic amines) is 2. The van der Waals surface area contributed by atoms with Crippen molar-refractivity contribution >= 4 is 35.6 Å². The number of nitrogens with two attached hydrogens (primary N) is 2. The zero-order valence-electron chi connectivity index (χ0n) is 18.7. The molecule has 2 saturated heterocycles. The van der Waals surface area contributed by atoms with Crippen LogP contribution < -0.4 is 11.5 Å². The van der Waals surface area contributed by atoms with Crippen molar-refractivity contribution in [2.75, 3.05) is 13.5 Å². The number of carbonyl (C=O) groups is 6. The van der Waals surface area contributed by atoms with Gasteiger partial charge in [0.05, 0.1) is 23.7 Å². The fourth-order valence-electron chi connectivity index (χ4n) is 6.50. The molecular weight excluding hydrogens is 448 g/mol. The summed E-state index contributed by atoms with van der Waals surface area (Å²) in [6.45, 7) is 1.86. The predicted molar refractivity (Wildman–Crippen MR) is 110 cm³/mol. The van der Waals surface area contributed by atoms with Crippen LogP contribution in [0.2, 0.25) is 0 Å². The maximum Gasteiger partial charge on any atom is 0.324 e. The van der Waals surface area contributed by atoms with Gasteiger partial charge in [0.15, 0.2) is 13.5 Å². The highest BCUT2D eigenvalue weighted by Gasteiger charge is 2.75. The lowest BCUT2D eigenvalue weighted by atomic mass is 9.40. The lowest BCUT2D eigenvalue weighted by Gasteiger charge is -2.60. The Hall–Kier alpha value is -3.12. The normalized spacial score (nSPS) is 38.8. The van der Waals surface area contributed by atoms with Gasteiger partial charge in [-0.3, -0.25) is 28.8 Å². The first-order valence-electron chi connectivity index (χ1n) is 11.3. The molecule has 12 heteroatoms. The van der Waals surface area contributed by atoms with Crippen molar-refractivity contribution in [1.29, 1.82) is 0 Å². The van der Waals surface area contributed by atoms with Crippen molar-refractivity contribution < 1.29 is 38.2 Å². The highest BCUT2D eigenvalue weighted by molar-refractivity contribution is 6.09. The Kier molecular flexibility index (Phi) is 5.13. The number of imide groups is 2. The molecular formula is C22H26N4O8. The molecule has 6 aliphatic rings. The Morgan fingerprint density at radius 1 is 0.735 bits per heavy atom. The fourth-order valence-corrected chi connectivity index (χ4v) is 6.50. The molecule has 0 aromatic rings. The van der Waals surface area contributed by atoms with Gasteiger partial charge in [0.1, 0.15) is 12.1 Å². The van der Waals surface area contributed by atoms with Crippen LogP contribution in [0.3, 0.4) is 0 Å². The summed E-state index contributed by atoms with van der Waals surface area (Å²) in [5.74, 6) is -7.16. The van der Waals surface area contributed by atoms with E-state index in [9.17, 15) is 28.8 Å². The summed E-state index contributed by atoms with van der Waals surface area (Å²) < 4.78 is 10.0. The van der Waals surface area contributed by atoms with E-state index < -0.39 is 96.6 Å². The van der Waals surface area contributed by atoms with E-state index >= 15 is 0 Å². The molecule has 34 heavy (non-hydrogen) atoms. The third-order valence-corrected chi connectivity index (χ3v) is 7.94. The second kappa shape index (κ2) is 7.70. The van der Waals surface area contributed by atoms with Gasteiger partial charge >= 0.3 is 11.9 Å². The van der Waals surface area contributed by atoms with E-state index in [1.54, 1.807) is 0 Å². The van der Waals surface area contributed by atoms with Crippen molar-refractivity contribution in [2.45, 2.75) is 25.9 Å². The lowest BCUT2D eigenvalue weighted by Crippen LogP contribution is -2.63. The molecule has 4 fully saturated rings. The summed E-state index contributed by atoms with van der Waals surface area (Å²) >= 11 is 0. The van der Waals surface area contributed by atoms with E-state index in [1.807, 2.05) is 12.2 Å². The molecule has 0 aromatic heterocycles. The van der Waals surface area contributed by atoms with Gasteiger partial charge in [0.2, 0.25) is 23.6 Å². The minimum atomic E-state index is -0.893. The number of nitrogens with zero attached hydrogens (tertiary/aromatic N) is 2. The summed E-state index contributed by atoms with van der Waals surface area (Å²) in [5, 5.41) is 0. The Morgan fingerprint density at radius 2 is 1.06 bits per heavy atom. The van der Waals surface area contributed by atoms with Crippen molar-refractivity contribution in [2.24, 2.45) is 58.8 Å². The molecule has 4 amide bonds. The quantitative estimate of drug-likeness (QED) is 0.247. The first-order chi connectivity index (χ1) is 16.1. The topological polar surface area (TPSA) is 179 Å². The van der Waals surface area contributed by atoms with Crippen LogP contribution in [0, 0.1) is 47.3 Å². The molecule has 2 aliphatic heterocycles. The first-order valence-corrected chi connectivity index (χ1v) is 11.3. The SMILES string of the molecule is C[C@@H](N)C(=O)OCN1C(=O)[C@H]2[C@@H]3C=C[C@@H]([C@@H]2C1=O)[C@H]1[C@H]2C(=O)N(COC(=O)[C@@H](C)N)C(=O)[C@@H]2[C@H]31. The summed E-state index contributed by atoms with van der Waals surface area (Å²) in [4.78, 5) is 77.7. The number of fused-ring (bicyclic) bond motifs is 1. The largest absolute Gasteiger partial charge is 0.443 e. The Morgan fingerprint density at radius 3 is 1.38 bits per heavy atom. The molecule has 4 N–H and O–H groups in total. The summed E-state index contributed by atoms with van der Waals surface area (Å²) in [6.07, 6.45) is 3.73. The standard InChI is InChI=1S/C22H26N4O8/c1-7(23)21(31)33-5-25-17(27)13-9-3-4-10(14(13)18(25)28)12-11(9)15-16(12)20(30)26(19(15)29)6-34-22(32)8(2)24/h3-4,7-16H,5-6,23-24H2,1-2H3/t7-,8-,9-,10-,11-,12-,13+,14+,15-,16-/m1/s1. The van der Waals surface area contributed by atoms with Crippen LogP contribution in [0.4, 0.5) is 0 Å². The lowest BCUT2D eigenvalue weighted by molar-refractivity contribution is -0.166. The number of esters is 2. The number of hydrogen-bond donors (Lipinski definition) is 2. The summed E-state index contributed by atoms with van der Waals surface area (Å²) in [7, 11) is 0. The van der Waals surface area contributed by atoms with Gasteiger partial charge in [0, 0.05) is 0 Å². The van der Waals surface area contributed by atoms with E-state index in [4.69, 9.17) is 20.9 Å². The molecule has 10 atom stereocenters. The first kappa shape index (κ1) is 22.7. The Balaban J connectivity index is 1.35. The summed E-state index contributed by atoms with van der Waals surface area (Å²) in [6, 6.07) is -1.78. The van der Waals surface area contributed by atoms with E-state index in [2.05, 4.69) is 0 Å². The van der Waals surface area contributed by atoms with Gasteiger partial charge < -0.3 is 20.9 Å². The smallest absolute Gasteiger partial charge is 0.324 e. The van der Waals surface area contributed by atoms with Crippen molar-refractivity contribution in [1.82, 2.24) is 9.80 Å². The maximum atomic E-state index is 13.2. The summed E-state index contributed by atoms with van der Waals surface area (Å²) in [5.41, 5.74) is 10.9. The zero-order chi connectivity index (χ0) is 24.6. The number of allylic oxidation sites excluding steroid dienone is 2. The molecule has 2 bridgehead atoms. The number of ether oxygens (including phenoxy) is 2. The van der Waals surface area contributed by atoms with E-state index in [0.29, 0.717) is 0 Å². The second-order valence-electron chi connectivity index (χ2n) is 9.77. The molecule has 0 radical (unpaired) electrons. The van der Waals surface area contributed by atoms with Gasteiger partial charge in [-0.1, -0.05) is 12.2 Å². The van der Waals surface area contributed by atoms with Crippen LogP contribution in [-0.2, 0) is 38.2 Å². The van der Waals surface area contributed by atoms with Gasteiger partial charge in [-0.05, 0) is 37.5 Å². The molecule has 4 aliphatic carbocycles. The van der Waals surface area contributed by atoms with Gasteiger partial charge in [-0.2, -0.15) is 0 Å². The number of amides is 4. The van der Waals surface area contributed by atoms with Crippen LogP contribution in [0.25, 0.3) is 0 Å². The third-order valence-electron chi connectivity index (χ3n) is 7.94. The number of carbonyl (C=O) groups excluding carboxylic acids is 6. The highest BCUT2D eigenvalue weighted by atomic mass is 16.6. The molecule has 12 nitrogen and oxygen atoms in total. The Bertz CT molecular complexity index is 982. The number of rotatable bonds is 6. The van der Waals surface area contributed by atoms with Crippen LogP contribution >= 0.6 is 0 Å². The molecule has 2 saturated carbocycles. The molecule has 0 aromatic carbocycles. The van der Waals surface area contributed by atoms with Crippen molar-refractivity contribution in [3.63, 3.8) is 0 Å². The van der Waals surface area contributed by atoms with Crippen LogP contribution in [0.1, 0.15) is 13.8 Å². The average molecular weight is 474 g/mol. The van der Waals surface area contributed by atoms with Crippen LogP contribution in [0.15, 0.2) is 12.2 Å². The van der Waals surface area contributed by atoms with Crippen LogP contribution in [-0.4, -0.2) is 70.9 Å². The van der Waals surface area contributed by atoms with Crippen molar-refractivity contribution in [3.8, 4) is 0 Å². The van der Waals surface area contributed by atoms with Gasteiger partial charge in [-0.15, -0.1) is 0 Å². The minimum Gasteiger partial charge on any atom is -0.443 e. The second-order valence-corrected chi connectivity index (χ2v) is 9.77. The minimum absolute atomic E-state index is 0.268. The van der Waals surface area contributed by atoms with Gasteiger partial charge in [0.25, 0.3) is 0 Å². The number of hydrogen-bond acceptors (Lipinski definition) is 10. The highest BCUT2D eigenvalue weighted by Crippen LogP contribution is 2.68. The zero-order valence-corrected chi connectivity index (χ0v) is 18.7. The predicted octanol–water partition coefficient (Wildman–Crippen LogP) is -2.05. The average Bonchev–Trinajstić information content (AvgIpc) is 3.14. The van der Waals surface area contributed by atoms with Gasteiger partial charge in [-0.25, -0.2) is 9.80 Å². The molecule has 0 spiro atoms. The fraction of sp³-hybridized carbons (Fsp3) is 0.636. The third kappa shape index (κ3) is 2.91. The monoisotopic (exact) mass is 474 g/mol. The molecule has 2 heterocycles. The van der Waals surface area contributed by atoms with Crippen LogP contribution in [0.5, 0.6) is 0 Å². The van der Waals surface area contributed by atoms with Crippen molar-refractivity contribution in [3.05, 3.63) is 12.2 Å². The van der Waals surface area contributed by atoms with E-state index in [-0.39, 0.29) is 11.8 Å². The molecule has 6 rings (SSSR count).